The fourth-order valence-electron chi connectivity index (χ4n) is 5.31. The fourth-order valence-corrected chi connectivity index (χ4v) is 5.31. The van der Waals surface area contributed by atoms with Crippen LogP contribution in [0.1, 0.15) is 52.9 Å². The second-order valence-electron chi connectivity index (χ2n) is 9.21. The Morgan fingerprint density at radius 2 is 1.85 bits per heavy atom. The second kappa shape index (κ2) is 7.64. The van der Waals surface area contributed by atoms with E-state index >= 15 is 0 Å². The minimum absolute atomic E-state index is 0.0650. The van der Waals surface area contributed by atoms with Crippen molar-refractivity contribution in [2.75, 3.05) is 27.2 Å². The molecule has 0 radical (unpaired) electrons. The molecule has 2 saturated heterocycles. The topological polar surface area (TPSA) is 71.4 Å². The van der Waals surface area contributed by atoms with Gasteiger partial charge in [-0.15, -0.1) is 0 Å². The summed E-state index contributed by atoms with van der Waals surface area (Å²) in [7, 11) is 4.09. The van der Waals surface area contributed by atoms with E-state index < -0.39 is 24.0 Å². The molecule has 0 aromatic heterocycles. The zero-order valence-corrected chi connectivity index (χ0v) is 17.0. The maximum atomic E-state index is 11.8. The molecule has 0 aromatic rings. The van der Waals surface area contributed by atoms with Gasteiger partial charge in [-0.1, -0.05) is 13.8 Å². The van der Waals surface area contributed by atoms with E-state index in [1.54, 1.807) is 6.92 Å². The average molecular weight is 372 g/mol. The highest BCUT2D eigenvalue weighted by atomic mass is 16.8. The molecule has 26 heavy (non-hydrogen) atoms. The summed E-state index contributed by atoms with van der Waals surface area (Å²) in [4.78, 5) is 2.13. The standard InChI is InChI=1S/C20H37NO5/c1-13-7-8-16-14(2)17(24-12-6-11-21(4)5)25-18-20(16,23)15(13)9-10-19(3,22)26-18/h13-18,22-23H,6-12H2,1-5H3. The van der Waals surface area contributed by atoms with Crippen molar-refractivity contribution in [3.63, 3.8) is 0 Å². The minimum atomic E-state index is -1.28. The normalized spacial score (nSPS) is 48.9. The van der Waals surface area contributed by atoms with Crippen LogP contribution in [0.25, 0.3) is 0 Å². The first-order valence-electron chi connectivity index (χ1n) is 10.2. The van der Waals surface area contributed by atoms with Crippen LogP contribution in [0, 0.1) is 23.7 Å². The summed E-state index contributed by atoms with van der Waals surface area (Å²) < 4.78 is 18.1. The zero-order chi connectivity index (χ0) is 19.1. The van der Waals surface area contributed by atoms with Crippen molar-refractivity contribution >= 4 is 0 Å². The lowest BCUT2D eigenvalue weighted by Gasteiger charge is -2.57. The third-order valence-corrected chi connectivity index (χ3v) is 6.82. The monoisotopic (exact) mass is 371 g/mol. The first kappa shape index (κ1) is 20.5. The second-order valence-corrected chi connectivity index (χ2v) is 9.21. The Morgan fingerprint density at radius 3 is 2.54 bits per heavy atom. The van der Waals surface area contributed by atoms with Gasteiger partial charge in [-0.05, 0) is 65.1 Å². The van der Waals surface area contributed by atoms with Crippen LogP contribution < -0.4 is 0 Å². The summed E-state index contributed by atoms with van der Waals surface area (Å²) in [6.45, 7) is 7.56. The lowest BCUT2D eigenvalue weighted by Crippen LogP contribution is -2.67. The zero-order valence-electron chi connectivity index (χ0n) is 17.0. The largest absolute Gasteiger partial charge is 0.384 e. The molecular weight excluding hydrogens is 334 g/mol. The van der Waals surface area contributed by atoms with Crippen LogP contribution >= 0.6 is 0 Å². The van der Waals surface area contributed by atoms with Crippen LogP contribution in [-0.2, 0) is 14.2 Å². The molecule has 0 aromatic carbocycles. The molecule has 8 unspecified atom stereocenters. The lowest BCUT2D eigenvalue weighted by atomic mass is 9.58. The van der Waals surface area contributed by atoms with Crippen molar-refractivity contribution < 1.29 is 24.4 Å². The smallest absolute Gasteiger partial charge is 0.193 e. The van der Waals surface area contributed by atoms with Gasteiger partial charge < -0.3 is 29.3 Å². The molecule has 2 heterocycles. The van der Waals surface area contributed by atoms with E-state index in [1.165, 1.54) is 0 Å². The predicted octanol–water partition coefficient (Wildman–Crippen LogP) is 2.19. The molecule has 0 bridgehead atoms. The maximum absolute atomic E-state index is 11.8. The molecule has 6 heteroatoms. The lowest BCUT2D eigenvalue weighted by molar-refractivity contribution is -0.408. The van der Waals surface area contributed by atoms with Gasteiger partial charge in [-0.2, -0.15) is 0 Å². The molecule has 0 amide bonds. The van der Waals surface area contributed by atoms with Crippen LogP contribution in [0.5, 0.6) is 0 Å². The Kier molecular flexibility index (Phi) is 6.03. The highest BCUT2D eigenvalue weighted by Gasteiger charge is 2.63. The fraction of sp³-hybridized carbons (Fsp3) is 1.00. The van der Waals surface area contributed by atoms with Crippen LogP contribution in [0.2, 0.25) is 0 Å². The summed E-state index contributed by atoms with van der Waals surface area (Å²) in [6, 6.07) is 0. The van der Waals surface area contributed by atoms with Gasteiger partial charge in [0.05, 0.1) is 6.61 Å². The summed E-state index contributed by atoms with van der Waals surface area (Å²) in [5.74, 6) is -0.646. The maximum Gasteiger partial charge on any atom is 0.193 e. The van der Waals surface area contributed by atoms with Crippen LogP contribution in [0.15, 0.2) is 0 Å². The van der Waals surface area contributed by atoms with Gasteiger partial charge in [0, 0.05) is 18.3 Å². The SMILES string of the molecule is CC1CCC2C(C)C(OCCCN(C)C)OC3OC(C)(O)CCC1C32O. The van der Waals surface area contributed by atoms with E-state index in [9.17, 15) is 10.2 Å². The molecule has 3 aliphatic rings. The Hall–Kier alpha value is -0.240. The first-order chi connectivity index (χ1) is 12.1. The van der Waals surface area contributed by atoms with E-state index in [-0.39, 0.29) is 17.8 Å². The van der Waals surface area contributed by atoms with Crippen molar-refractivity contribution in [3.05, 3.63) is 0 Å². The van der Waals surface area contributed by atoms with Crippen molar-refractivity contribution in [1.82, 2.24) is 4.90 Å². The third kappa shape index (κ3) is 3.82. The van der Waals surface area contributed by atoms with E-state index in [2.05, 4.69) is 18.7 Å². The Balaban J connectivity index is 1.78. The van der Waals surface area contributed by atoms with Gasteiger partial charge in [0.1, 0.15) is 5.60 Å². The van der Waals surface area contributed by atoms with Crippen molar-refractivity contribution in [2.45, 2.75) is 76.8 Å². The van der Waals surface area contributed by atoms with E-state index in [0.717, 1.165) is 32.2 Å². The summed E-state index contributed by atoms with van der Waals surface area (Å²) in [5, 5.41) is 22.3. The molecule has 1 saturated carbocycles. The van der Waals surface area contributed by atoms with Gasteiger partial charge in [-0.25, -0.2) is 0 Å². The van der Waals surface area contributed by atoms with E-state index in [1.807, 2.05) is 14.1 Å². The predicted molar refractivity (Wildman–Crippen MR) is 98.2 cm³/mol. The number of rotatable bonds is 5. The summed E-state index contributed by atoms with van der Waals surface area (Å²) in [6.07, 6.45) is 2.98. The molecule has 3 fully saturated rings. The Morgan fingerprint density at radius 1 is 1.12 bits per heavy atom. The van der Waals surface area contributed by atoms with Crippen molar-refractivity contribution in [2.24, 2.45) is 23.7 Å². The third-order valence-electron chi connectivity index (χ3n) is 6.82. The van der Waals surface area contributed by atoms with Gasteiger partial charge in [0.2, 0.25) is 0 Å². The quantitative estimate of drug-likeness (QED) is 0.722. The number of ether oxygens (including phenoxy) is 3. The molecule has 152 valence electrons. The number of nitrogens with zero attached hydrogens (tertiary/aromatic N) is 1. The number of aliphatic hydroxyl groups is 2. The number of hydrogen-bond acceptors (Lipinski definition) is 6. The van der Waals surface area contributed by atoms with Crippen molar-refractivity contribution in [3.8, 4) is 0 Å². The van der Waals surface area contributed by atoms with Gasteiger partial charge in [0.25, 0.3) is 0 Å². The average Bonchev–Trinajstić information content (AvgIpc) is 2.64. The van der Waals surface area contributed by atoms with Gasteiger partial charge in [0.15, 0.2) is 18.4 Å². The summed E-state index contributed by atoms with van der Waals surface area (Å²) in [5.41, 5.74) is -1.05. The van der Waals surface area contributed by atoms with Crippen LogP contribution in [0.3, 0.4) is 0 Å². The van der Waals surface area contributed by atoms with Crippen molar-refractivity contribution in [1.29, 1.82) is 0 Å². The van der Waals surface area contributed by atoms with Crippen LogP contribution in [0.4, 0.5) is 0 Å². The molecule has 2 aliphatic heterocycles. The summed E-state index contributed by atoms with van der Waals surface area (Å²) >= 11 is 0. The molecule has 0 spiro atoms. The van der Waals surface area contributed by atoms with Crippen LogP contribution in [-0.4, -0.2) is 66.3 Å². The molecular formula is C20H37NO5. The molecule has 1 aliphatic carbocycles. The first-order valence-corrected chi connectivity index (χ1v) is 10.2. The molecule has 3 rings (SSSR count). The van der Waals surface area contributed by atoms with E-state index in [4.69, 9.17) is 14.2 Å². The molecule has 2 N–H and O–H groups in total. The Labute approximate surface area is 157 Å². The number of hydrogen-bond donors (Lipinski definition) is 2. The Bertz CT molecular complexity index is 485. The highest BCUT2D eigenvalue weighted by Crippen LogP contribution is 2.55. The van der Waals surface area contributed by atoms with Gasteiger partial charge >= 0.3 is 0 Å². The molecule has 6 nitrogen and oxygen atoms in total. The highest BCUT2D eigenvalue weighted by molar-refractivity contribution is 5.06. The molecule has 8 atom stereocenters. The minimum Gasteiger partial charge on any atom is -0.384 e. The van der Waals surface area contributed by atoms with E-state index in [0.29, 0.717) is 18.9 Å². The van der Waals surface area contributed by atoms with Gasteiger partial charge in [-0.3, -0.25) is 0 Å².